The third-order valence-corrected chi connectivity index (χ3v) is 4.30. The van der Waals surface area contributed by atoms with E-state index in [1.807, 2.05) is 24.3 Å². The highest BCUT2D eigenvalue weighted by atomic mass is 35.5. The predicted octanol–water partition coefficient (Wildman–Crippen LogP) is 2.48. The summed E-state index contributed by atoms with van der Waals surface area (Å²) < 4.78 is 1.75. The number of anilines is 1. The fraction of sp³-hybridized carbons (Fsp3) is 0.438. The molecule has 8 heteroatoms. The molecule has 0 unspecified atom stereocenters. The van der Waals surface area contributed by atoms with Crippen LogP contribution >= 0.6 is 24.8 Å². The Morgan fingerprint density at radius 2 is 2.17 bits per heavy atom. The van der Waals surface area contributed by atoms with Gasteiger partial charge in [-0.05, 0) is 43.0 Å². The van der Waals surface area contributed by atoms with Crippen molar-refractivity contribution in [2.75, 3.05) is 11.9 Å². The van der Waals surface area contributed by atoms with Crippen LogP contribution in [0.4, 0.5) is 5.69 Å². The number of aromatic nitrogens is 3. The summed E-state index contributed by atoms with van der Waals surface area (Å²) in [4.78, 5) is 16.3. The Morgan fingerprint density at radius 1 is 1.33 bits per heavy atom. The minimum Gasteiger partial charge on any atom is -0.330 e. The number of hydrogen-bond acceptors (Lipinski definition) is 4. The maximum absolute atomic E-state index is 12.4. The molecule has 3 rings (SSSR count). The molecular formula is C16H23Cl2N5O. The first-order valence-electron chi connectivity index (χ1n) is 7.68. The SMILES string of the molecule is Cl.Cl.NC[C@H]1CCC[C@H]1C(=O)Nc1cccc(Cn2cncn2)c1. The van der Waals surface area contributed by atoms with Gasteiger partial charge in [0.25, 0.3) is 0 Å². The summed E-state index contributed by atoms with van der Waals surface area (Å²) in [6.45, 7) is 1.23. The molecule has 0 saturated heterocycles. The number of nitrogens with one attached hydrogen (secondary N) is 1. The molecule has 6 nitrogen and oxygen atoms in total. The Kier molecular flexibility index (Phi) is 8.18. The maximum Gasteiger partial charge on any atom is 0.227 e. The molecule has 2 atom stereocenters. The van der Waals surface area contributed by atoms with Crippen LogP contribution in [0.15, 0.2) is 36.9 Å². The van der Waals surface area contributed by atoms with E-state index >= 15 is 0 Å². The molecular weight excluding hydrogens is 349 g/mol. The Morgan fingerprint density at radius 3 is 2.88 bits per heavy atom. The van der Waals surface area contributed by atoms with Crippen LogP contribution in [0.2, 0.25) is 0 Å². The predicted molar refractivity (Wildman–Crippen MR) is 98.6 cm³/mol. The van der Waals surface area contributed by atoms with E-state index in [0.29, 0.717) is 19.0 Å². The van der Waals surface area contributed by atoms with Gasteiger partial charge in [-0.15, -0.1) is 24.8 Å². The molecule has 0 bridgehead atoms. The number of benzene rings is 1. The van der Waals surface area contributed by atoms with E-state index in [9.17, 15) is 4.79 Å². The van der Waals surface area contributed by atoms with E-state index in [1.54, 1.807) is 11.0 Å². The van der Waals surface area contributed by atoms with Crippen LogP contribution < -0.4 is 11.1 Å². The van der Waals surface area contributed by atoms with Crippen molar-refractivity contribution in [1.82, 2.24) is 14.8 Å². The highest BCUT2D eigenvalue weighted by Gasteiger charge is 2.31. The number of carbonyl (C=O) groups excluding carboxylic acids is 1. The van der Waals surface area contributed by atoms with E-state index in [0.717, 1.165) is 30.5 Å². The molecule has 1 fully saturated rings. The lowest BCUT2D eigenvalue weighted by Gasteiger charge is -2.17. The Bertz CT molecular complexity index is 635. The highest BCUT2D eigenvalue weighted by molar-refractivity contribution is 5.93. The Hall–Kier alpha value is -1.63. The smallest absolute Gasteiger partial charge is 0.227 e. The molecule has 1 aromatic carbocycles. The summed E-state index contributed by atoms with van der Waals surface area (Å²) in [5, 5.41) is 7.12. The number of halogens is 2. The molecule has 3 N–H and O–H groups in total. The van der Waals surface area contributed by atoms with Crippen LogP contribution in [0.3, 0.4) is 0 Å². The van der Waals surface area contributed by atoms with Crippen molar-refractivity contribution in [3.63, 3.8) is 0 Å². The monoisotopic (exact) mass is 371 g/mol. The van der Waals surface area contributed by atoms with Crippen LogP contribution in [0.1, 0.15) is 24.8 Å². The van der Waals surface area contributed by atoms with Gasteiger partial charge in [0, 0.05) is 11.6 Å². The molecule has 1 saturated carbocycles. The minimum atomic E-state index is 0. The lowest BCUT2D eigenvalue weighted by atomic mass is 9.95. The maximum atomic E-state index is 12.4. The molecule has 2 aromatic rings. The number of hydrogen-bond donors (Lipinski definition) is 2. The molecule has 1 heterocycles. The summed E-state index contributed by atoms with van der Waals surface area (Å²) >= 11 is 0. The molecule has 1 amide bonds. The zero-order chi connectivity index (χ0) is 15.4. The second kappa shape index (κ2) is 9.61. The van der Waals surface area contributed by atoms with Crippen LogP contribution in [-0.4, -0.2) is 27.2 Å². The summed E-state index contributed by atoms with van der Waals surface area (Å²) in [7, 11) is 0. The average molecular weight is 372 g/mol. The zero-order valence-corrected chi connectivity index (χ0v) is 14.9. The number of nitrogens with zero attached hydrogens (tertiary/aromatic N) is 3. The van der Waals surface area contributed by atoms with E-state index in [2.05, 4.69) is 15.4 Å². The minimum absolute atomic E-state index is 0. The second-order valence-electron chi connectivity index (χ2n) is 5.82. The van der Waals surface area contributed by atoms with Crippen LogP contribution in [0, 0.1) is 11.8 Å². The topological polar surface area (TPSA) is 85.8 Å². The lowest BCUT2D eigenvalue weighted by molar-refractivity contribution is -0.120. The lowest BCUT2D eigenvalue weighted by Crippen LogP contribution is -2.29. The zero-order valence-electron chi connectivity index (χ0n) is 13.3. The third kappa shape index (κ3) is 4.93. The van der Waals surface area contributed by atoms with Gasteiger partial charge in [0.2, 0.25) is 5.91 Å². The van der Waals surface area contributed by atoms with Gasteiger partial charge in [0.15, 0.2) is 0 Å². The van der Waals surface area contributed by atoms with Gasteiger partial charge < -0.3 is 11.1 Å². The van der Waals surface area contributed by atoms with Crippen molar-refractivity contribution >= 4 is 36.4 Å². The molecule has 132 valence electrons. The largest absolute Gasteiger partial charge is 0.330 e. The molecule has 1 aliphatic carbocycles. The van der Waals surface area contributed by atoms with E-state index in [-0.39, 0.29) is 36.6 Å². The highest BCUT2D eigenvalue weighted by Crippen LogP contribution is 2.31. The van der Waals surface area contributed by atoms with Gasteiger partial charge in [-0.1, -0.05) is 18.6 Å². The molecule has 0 radical (unpaired) electrons. The van der Waals surface area contributed by atoms with Crippen molar-refractivity contribution in [3.8, 4) is 0 Å². The number of rotatable bonds is 5. The molecule has 24 heavy (non-hydrogen) atoms. The second-order valence-corrected chi connectivity index (χ2v) is 5.82. The number of amides is 1. The summed E-state index contributed by atoms with van der Waals surface area (Å²) in [6.07, 6.45) is 6.27. The van der Waals surface area contributed by atoms with Gasteiger partial charge in [0.1, 0.15) is 12.7 Å². The van der Waals surface area contributed by atoms with Gasteiger partial charge >= 0.3 is 0 Å². The van der Waals surface area contributed by atoms with Crippen molar-refractivity contribution < 1.29 is 4.79 Å². The standard InChI is InChI=1S/C16H21N5O.2ClH/c17-8-13-4-2-6-15(13)16(22)20-14-5-1-3-12(7-14)9-21-11-18-10-19-21;;/h1,3,5,7,10-11,13,15H,2,4,6,8-9,17H2,(H,20,22);2*1H/t13-,15-;;/m1../s1. The van der Waals surface area contributed by atoms with Crippen LogP contribution in [-0.2, 0) is 11.3 Å². The van der Waals surface area contributed by atoms with Crippen molar-refractivity contribution in [3.05, 3.63) is 42.5 Å². The van der Waals surface area contributed by atoms with Crippen molar-refractivity contribution in [1.29, 1.82) is 0 Å². The van der Waals surface area contributed by atoms with E-state index in [4.69, 9.17) is 5.73 Å². The first-order valence-corrected chi connectivity index (χ1v) is 7.68. The Balaban J connectivity index is 0.00000144. The fourth-order valence-corrected chi connectivity index (χ4v) is 3.15. The molecule has 1 aliphatic rings. The quantitative estimate of drug-likeness (QED) is 0.844. The van der Waals surface area contributed by atoms with E-state index in [1.165, 1.54) is 6.33 Å². The first-order chi connectivity index (χ1) is 10.8. The molecule has 1 aromatic heterocycles. The van der Waals surface area contributed by atoms with Gasteiger partial charge in [-0.25, -0.2) is 9.67 Å². The Labute approximate surface area is 154 Å². The number of nitrogens with two attached hydrogens (primary N) is 1. The third-order valence-electron chi connectivity index (χ3n) is 4.30. The van der Waals surface area contributed by atoms with Crippen molar-refractivity contribution in [2.45, 2.75) is 25.8 Å². The summed E-state index contributed by atoms with van der Waals surface area (Å²) in [5.41, 5.74) is 7.66. The summed E-state index contributed by atoms with van der Waals surface area (Å²) in [5.74, 6) is 0.452. The summed E-state index contributed by atoms with van der Waals surface area (Å²) in [6, 6.07) is 7.84. The number of carbonyl (C=O) groups is 1. The van der Waals surface area contributed by atoms with Crippen molar-refractivity contribution in [2.24, 2.45) is 17.6 Å². The normalized spacial score (nSPS) is 19.2. The van der Waals surface area contributed by atoms with E-state index < -0.39 is 0 Å². The van der Waals surface area contributed by atoms with Crippen LogP contribution in [0.25, 0.3) is 0 Å². The average Bonchev–Trinajstić information content (AvgIpc) is 3.18. The van der Waals surface area contributed by atoms with Gasteiger partial charge in [0.05, 0.1) is 6.54 Å². The fourth-order valence-electron chi connectivity index (χ4n) is 3.15. The van der Waals surface area contributed by atoms with Gasteiger partial charge in [-0.3, -0.25) is 4.79 Å². The molecule has 0 spiro atoms. The molecule has 0 aliphatic heterocycles. The van der Waals surface area contributed by atoms with Gasteiger partial charge in [-0.2, -0.15) is 5.10 Å². The van der Waals surface area contributed by atoms with Crippen LogP contribution in [0.5, 0.6) is 0 Å². The first kappa shape index (κ1) is 20.4.